The van der Waals surface area contributed by atoms with E-state index in [-0.39, 0.29) is 11.8 Å². The van der Waals surface area contributed by atoms with Crippen molar-refractivity contribution < 1.29 is 14.6 Å². The van der Waals surface area contributed by atoms with E-state index in [4.69, 9.17) is 4.74 Å². The van der Waals surface area contributed by atoms with Gasteiger partial charge in [0.1, 0.15) is 5.56 Å². The van der Waals surface area contributed by atoms with Crippen molar-refractivity contribution in [3.05, 3.63) is 58.8 Å². The third-order valence-corrected chi connectivity index (χ3v) is 5.65. The molecule has 2 N–H and O–H groups in total. The summed E-state index contributed by atoms with van der Waals surface area (Å²) in [5.74, 6) is 0.403. The van der Waals surface area contributed by atoms with Crippen LogP contribution in [0.15, 0.2) is 36.4 Å². The Morgan fingerprint density at radius 2 is 2.03 bits per heavy atom. The third-order valence-electron chi connectivity index (χ3n) is 5.65. The molecule has 162 valence electrons. The second-order valence-corrected chi connectivity index (χ2v) is 8.02. The van der Waals surface area contributed by atoms with Crippen LogP contribution in [0, 0.1) is 12.8 Å². The molecule has 1 fully saturated rings. The molecular formula is C24H33N3O3. The van der Waals surface area contributed by atoms with Gasteiger partial charge in [-0.2, -0.15) is 0 Å². The number of nitrogens with one attached hydrogen (secondary N) is 1. The molecule has 1 aliphatic rings. The van der Waals surface area contributed by atoms with Gasteiger partial charge < -0.3 is 20.1 Å². The molecule has 2 heterocycles. The molecule has 1 aromatic carbocycles. The zero-order valence-corrected chi connectivity index (χ0v) is 18.2. The molecule has 30 heavy (non-hydrogen) atoms. The van der Waals surface area contributed by atoms with Crippen molar-refractivity contribution in [1.82, 2.24) is 15.2 Å². The Bertz CT molecular complexity index is 855. The molecule has 2 atom stereocenters. The van der Waals surface area contributed by atoms with Crippen molar-refractivity contribution in [3.8, 4) is 5.88 Å². The number of carbonyl (C=O) groups excluding carboxylic acids is 1. The van der Waals surface area contributed by atoms with Gasteiger partial charge in [0.05, 0.1) is 12.7 Å². The molecule has 6 nitrogen and oxygen atoms in total. The van der Waals surface area contributed by atoms with Gasteiger partial charge in [0, 0.05) is 25.3 Å². The van der Waals surface area contributed by atoms with Gasteiger partial charge >= 0.3 is 0 Å². The molecule has 0 saturated carbocycles. The molecule has 0 radical (unpaired) electrons. The number of amides is 1. The molecule has 0 aliphatic carbocycles. The zero-order chi connectivity index (χ0) is 21.5. The number of likely N-dealkylation sites (tertiary alicyclic amines) is 1. The number of aryl methyl sites for hydroxylation is 1. The van der Waals surface area contributed by atoms with Gasteiger partial charge in [0.25, 0.3) is 5.91 Å². The number of ether oxygens (including phenoxy) is 1. The molecule has 1 amide bonds. The lowest BCUT2D eigenvalue weighted by Gasteiger charge is -2.36. The Kier molecular flexibility index (Phi) is 7.82. The lowest BCUT2D eigenvalue weighted by Crippen LogP contribution is -2.47. The van der Waals surface area contributed by atoms with Crippen molar-refractivity contribution >= 4 is 5.91 Å². The first-order valence-electron chi connectivity index (χ1n) is 10.8. The van der Waals surface area contributed by atoms with Crippen LogP contribution in [-0.4, -0.2) is 53.7 Å². The minimum absolute atomic E-state index is 0.123. The summed E-state index contributed by atoms with van der Waals surface area (Å²) in [6.07, 6.45) is 1.88. The summed E-state index contributed by atoms with van der Waals surface area (Å²) in [6, 6.07) is 11.9. The maximum absolute atomic E-state index is 13.1. The molecule has 2 aromatic rings. The van der Waals surface area contributed by atoms with Crippen LogP contribution in [0.4, 0.5) is 0 Å². The SMILES string of the molecule is CCCOc1nc(C)ccc1C(=O)N1CCC(Cc2ccccc2CNC)C(O)C1. The molecule has 6 heteroatoms. The quantitative estimate of drug-likeness (QED) is 0.699. The van der Waals surface area contributed by atoms with E-state index in [1.165, 1.54) is 11.1 Å². The van der Waals surface area contributed by atoms with Gasteiger partial charge in [-0.05, 0) is 62.4 Å². The predicted molar refractivity (Wildman–Crippen MR) is 118 cm³/mol. The number of rotatable bonds is 8. The number of pyridine rings is 1. The number of nitrogens with zero attached hydrogens (tertiary/aromatic N) is 2. The van der Waals surface area contributed by atoms with Gasteiger partial charge in [-0.15, -0.1) is 0 Å². The number of aromatic nitrogens is 1. The molecule has 1 aliphatic heterocycles. The van der Waals surface area contributed by atoms with Crippen LogP contribution in [0.2, 0.25) is 0 Å². The number of hydrogen-bond donors (Lipinski definition) is 2. The average Bonchev–Trinajstić information content (AvgIpc) is 2.74. The summed E-state index contributed by atoms with van der Waals surface area (Å²) in [5.41, 5.74) is 3.80. The second kappa shape index (κ2) is 10.5. The minimum Gasteiger partial charge on any atom is -0.477 e. The maximum Gasteiger partial charge on any atom is 0.259 e. The Hall–Kier alpha value is -2.44. The van der Waals surface area contributed by atoms with E-state index in [1.54, 1.807) is 11.0 Å². The Labute approximate surface area is 179 Å². The van der Waals surface area contributed by atoms with E-state index < -0.39 is 6.10 Å². The molecule has 0 spiro atoms. The van der Waals surface area contributed by atoms with Crippen LogP contribution in [0.1, 0.15) is 46.9 Å². The molecular weight excluding hydrogens is 378 g/mol. The maximum atomic E-state index is 13.1. The Morgan fingerprint density at radius 1 is 1.27 bits per heavy atom. The van der Waals surface area contributed by atoms with Gasteiger partial charge in [-0.1, -0.05) is 31.2 Å². The summed E-state index contributed by atoms with van der Waals surface area (Å²) in [7, 11) is 1.94. The first-order chi connectivity index (χ1) is 14.5. The van der Waals surface area contributed by atoms with Crippen molar-refractivity contribution in [2.45, 2.75) is 45.8 Å². The Balaban J connectivity index is 1.68. The number of benzene rings is 1. The van der Waals surface area contributed by atoms with Crippen LogP contribution in [-0.2, 0) is 13.0 Å². The largest absolute Gasteiger partial charge is 0.477 e. The highest BCUT2D eigenvalue weighted by Gasteiger charge is 2.32. The van der Waals surface area contributed by atoms with E-state index >= 15 is 0 Å². The standard InChI is InChI=1S/C24H33N3O3/c1-4-13-30-23-21(10-9-17(2)26-23)24(29)27-12-11-19(22(28)16-27)14-18-7-5-6-8-20(18)15-25-3/h5-10,19,22,25,28H,4,11-16H2,1-3H3. The summed E-state index contributed by atoms with van der Waals surface area (Å²) < 4.78 is 5.72. The minimum atomic E-state index is -0.552. The highest BCUT2D eigenvalue weighted by atomic mass is 16.5. The smallest absolute Gasteiger partial charge is 0.259 e. The monoisotopic (exact) mass is 411 g/mol. The molecule has 3 rings (SSSR count). The summed E-state index contributed by atoms with van der Waals surface area (Å²) in [6.45, 7) is 6.19. The van der Waals surface area contributed by atoms with Gasteiger partial charge in [-0.3, -0.25) is 4.79 Å². The Morgan fingerprint density at radius 3 is 2.73 bits per heavy atom. The van der Waals surface area contributed by atoms with Gasteiger partial charge in [0.2, 0.25) is 5.88 Å². The van der Waals surface area contributed by atoms with E-state index in [1.807, 2.05) is 39.1 Å². The van der Waals surface area contributed by atoms with Crippen LogP contribution in [0.3, 0.4) is 0 Å². The van der Waals surface area contributed by atoms with E-state index in [0.717, 1.165) is 31.5 Å². The topological polar surface area (TPSA) is 74.7 Å². The normalized spacial score (nSPS) is 19.0. The van der Waals surface area contributed by atoms with Crippen molar-refractivity contribution in [2.24, 2.45) is 5.92 Å². The summed E-state index contributed by atoms with van der Waals surface area (Å²) in [5, 5.41) is 14.0. The number of aliphatic hydroxyl groups is 1. The van der Waals surface area contributed by atoms with E-state index in [0.29, 0.717) is 31.1 Å². The van der Waals surface area contributed by atoms with Crippen LogP contribution in [0.5, 0.6) is 5.88 Å². The molecule has 0 bridgehead atoms. The molecule has 2 unspecified atom stereocenters. The lowest BCUT2D eigenvalue weighted by atomic mass is 9.86. The van der Waals surface area contributed by atoms with Crippen LogP contribution < -0.4 is 10.1 Å². The second-order valence-electron chi connectivity index (χ2n) is 8.02. The number of carbonyl (C=O) groups is 1. The fourth-order valence-corrected chi connectivity index (χ4v) is 3.98. The fraction of sp³-hybridized carbons (Fsp3) is 0.500. The summed E-state index contributed by atoms with van der Waals surface area (Å²) >= 11 is 0. The van der Waals surface area contributed by atoms with E-state index in [9.17, 15) is 9.90 Å². The summed E-state index contributed by atoms with van der Waals surface area (Å²) in [4.78, 5) is 19.3. The highest BCUT2D eigenvalue weighted by Crippen LogP contribution is 2.26. The van der Waals surface area contributed by atoms with E-state index in [2.05, 4.69) is 22.4 Å². The van der Waals surface area contributed by atoms with Crippen molar-refractivity contribution in [1.29, 1.82) is 0 Å². The number of piperidine rings is 1. The van der Waals surface area contributed by atoms with Crippen molar-refractivity contribution in [3.63, 3.8) is 0 Å². The highest BCUT2D eigenvalue weighted by molar-refractivity contribution is 5.96. The number of β-amino-alcohol motifs (C(OH)–C–C–N with tert-alkyl or cyclic N) is 1. The third kappa shape index (κ3) is 5.37. The number of hydrogen-bond acceptors (Lipinski definition) is 5. The van der Waals surface area contributed by atoms with Crippen LogP contribution >= 0.6 is 0 Å². The molecule has 1 aromatic heterocycles. The van der Waals surface area contributed by atoms with Crippen LogP contribution in [0.25, 0.3) is 0 Å². The number of aliphatic hydroxyl groups excluding tert-OH is 1. The van der Waals surface area contributed by atoms with Gasteiger partial charge in [-0.25, -0.2) is 4.98 Å². The average molecular weight is 412 g/mol. The van der Waals surface area contributed by atoms with Gasteiger partial charge in [0.15, 0.2) is 0 Å². The fourth-order valence-electron chi connectivity index (χ4n) is 3.98. The first kappa shape index (κ1) is 22.2. The molecule has 1 saturated heterocycles. The predicted octanol–water partition coefficient (Wildman–Crippen LogP) is 2.96. The zero-order valence-electron chi connectivity index (χ0n) is 18.2. The first-order valence-corrected chi connectivity index (χ1v) is 10.8. The lowest BCUT2D eigenvalue weighted by molar-refractivity contribution is 0.0195. The van der Waals surface area contributed by atoms with Crippen molar-refractivity contribution in [2.75, 3.05) is 26.7 Å².